The van der Waals surface area contributed by atoms with E-state index in [1.807, 2.05) is 6.92 Å². The highest BCUT2D eigenvalue weighted by molar-refractivity contribution is 6.03. The SMILES string of the molecule is CCC1(c2ccc(NC(=O)O)cc2)CCC(=O)NC1=O. The van der Waals surface area contributed by atoms with E-state index in [0.717, 1.165) is 5.56 Å². The summed E-state index contributed by atoms with van der Waals surface area (Å²) >= 11 is 0. The van der Waals surface area contributed by atoms with Crippen molar-refractivity contribution in [2.75, 3.05) is 5.32 Å². The summed E-state index contributed by atoms with van der Waals surface area (Å²) in [6, 6.07) is 6.68. The number of anilines is 1. The predicted molar refractivity (Wildman–Crippen MR) is 72.4 cm³/mol. The van der Waals surface area contributed by atoms with E-state index in [-0.39, 0.29) is 11.8 Å². The van der Waals surface area contributed by atoms with Crippen molar-refractivity contribution in [3.8, 4) is 0 Å². The van der Waals surface area contributed by atoms with Crippen molar-refractivity contribution >= 4 is 23.6 Å². The van der Waals surface area contributed by atoms with Crippen molar-refractivity contribution in [2.24, 2.45) is 0 Å². The normalized spacial score (nSPS) is 22.2. The maximum absolute atomic E-state index is 12.2. The van der Waals surface area contributed by atoms with Crippen molar-refractivity contribution in [1.29, 1.82) is 0 Å². The summed E-state index contributed by atoms with van der Waals surface area (Å²) in [6.45, 7) is 1.90. The van der Waals surface area contributed by atoms with E-state index >= 15 is 0 Å². The molecule has 0 spiro atoms. The third kappa shape index (κ3) is 2.49. The van der Waals surface area contributed by atoms with Crippen LogP contribution in [0.15, 0.2) is 24.3 Å². The molecular formula is C14H16N2O4. The van der Waals surface area contributed by atoms with Crippen LogP contribution in [0, 0.1) is 0 Å². The highest BCUT2D eigenvalue weighted by Crippen LogP contribution is 2.36. The van der Waals surface area contributed by atoms with Gasteiger partial charge in [-0.25, -0.2) is 4.79 Å². The second kappa shape index (κ2) is 5.32. The van der Waals surface area contributed by atoms with Crippen molar-refractivity contribution in [2.45, 2.75) is 31.6 Å². The zero-order valence-electron chi connectivity index (χ0n) is 11.1. The molecule has 1 atom stereocenters. The second-order valence-corrected chi connectivity index (χ2v) is 4.82. The van der Waals surface area contributed by atoms with Gasteiger partial charge in [0, 0.05) is 12.1 Å². The predicted octanol–water partition coefficient (Wildman–Crippen LogP) is 1.86. The lowest BCUT2D eigenvalue weighted by Crippen LogP contribution is -2.51. The monoisotopic (exact) mass is 276 g/mol. The molecule has 2 rings (SSSR count). The molecule has 0 saturated carbocycles. The fourth-order valence-corrected chi connectivity index (χ4v) is 2.56. The first-order valence-electron chi connectivity index (χ1n) is 6.43. The average Bonchev–Trinajstić information content (AvgIpc) is 2.40. The summed E-state index contributed by atoms with van der Waals surface area (Å²) in [5.41, 5.74) is 0.524. The largest absolute Gasteiger partial charge is 0.465 e. The molecule has 0 aromatic heterocycles. The van der Waals surface area contributed by atoms with Gasteiger partial charge in [0.1, 0.15) is 0 Å². The molecule has 1 aliphatic heterocycles. The first-order valence-corrected chi connectivity index (χ1v) is 6.43. The number of nitrogens with one attached hydrogen (secondary N) is 2. The molecule has 3 N–H and O–H groups in total. The minimum Gasteiger partial charge on any atom is -0.465 e. The Labute approximate surface area is 116 Å². The Morgan fingerprint density at radius 1 is 1.35 bits per heavy atom. The molecule has 1 aromatic carbocycles. The minimum atomic E-state index is -1.14. The van der Waals surface area contributed by atoms with Crippen LogP contribution >= 0.6 is 0 Å². The fraction of sp³-hybridized carbons (Fsp3) is 0.357. The van der Waals surface area contributed by atoms with Crippen molar-refractivity contribution in [1.82, 2.24) is 5.32 Å². The summed E-state index contributed by atoms with van der Waals surface area (Å²) in [5.74, 6) is -0.529. The van der Waals surface area contributed by atoms with Gasteiger partial charge in [-0.1, -0.05) is 19.1 Å². The van der Waals surface area contributed by atoms with Crippen LogP contribution in [0.2, 0.25) is 0 Å². The lowest BCUT2D eigenvalue weighted by Gasteiger charge is -2.35. The minimum absolute atomic E-state index is 0.247. The van der Waals surface area contributed by atoms with Crippen molar-refractivity contribution in [3.05, 3.63) is 29.8 Å². The van der Waals surface area contributed by atoms with Crippen LogP contribution in [0.5, 0.6) is 0 Å². The molecule has 106 valence electrons. The first kappa shape index (κ1) is 14.0. The molecule has 6 nitrogen and oxygen atoms in total. The average molecular weight is 276 g/mol. The number of carbonyl (C=O) groups is 3. The molecule has 20 heavy (non-hydrogen) atoms. The van der Waals surface area contributed by atoms with E-state index < -0.39 is 11.5 Å². The van der Waals surface area contributed by atoms with Gasteiger partial charge >= 0.3 is 6.09 Å². The number of imide groups is 1. The quantitative estimate of drug-likeness (QED) is 0.734. The van der Waals surface area contributed by atoms with Crippen LogP contribution in [-0.2, 0) is 15.0 Å². The zero-order chi connectivity index (χ0) is 14.8. The van der Waals surface area contributed by atoms with Gasteiger partial charge in [0.05, 0.1) is 5.41 Å². The molecule has 0 bridgehead atoms. The smallest absolute Gasteiger partial charge is 0.409 e. The molecule has 1 saturated heterocycles. The van der Waals surface area contributed by atoms with E-state index in [1.165, 1.54) is 0 Å². The number of piperidine rings is 1. The Kier molecular flexibility index (Phi) is 3.74. The summed E-state index contributed by atoms with van der Waals surface area (Å²) in [6.07, 6.45) is 0.232. The Hall–Kier alpha value is -2.37. The molecule has 1 aromatic rings. The number of hydrogen-bond donors (Lipinski definition) is 3. The molecule has 1 fully saturated rings. The van der Waals surface area contributed by atoms with E-state index in [2.05, 4.69) is 10.6 Å². The van der Waals surface area contributed by atoms with Gasteiger partial charge in [-0.05, 0) is 30.5 Å². The van der Waals surface area contributed by atoms with Crippen LogP contribution in [0.3, 0.4) is 0 Å². The first-order chi connectivity index (χ1) is 9.48. The lowest BCUT2D eigenvalue weighted by atomic mass is 9.72. The summed E-state index contributed by atoms with van der Waals surface area (Å²) in [4.78, 5) is 34.0. The van der Waals surface area contributed by atoms with E-state index in [4.69, 9.17) is 5.11 Å². The van der Waals surface area contributed by atoms with Gasteiger partial charge in [0.25, 0.3) is 0 Å². The van der Waals surface area contributed by atoms with Gasteiger partial charge in [-0.2, -0.15) is 0 Å². The molecule has 3 amide bonds. The van der Waals surface area contributed by atoms with Gasteiger partial charge < -0.3 is 5.11 Å². The van der Waals surface area contributed by atoms with Crippen LogP contribution < -0.4 is 10.6 Å². The fourth-order valence-electron chi connectivity index (χ4n) is 2.56. The van der Waals surface area contributed by atoms with Gasteiger partial charge in [0.15, 0.2) is 0 Å². The Balaban J connectivity index is 2.30. The highest BCUT2D eigenvalue weighted by atomic mass is 16.4. The zero-order valence-corrected chi connectivity index (χ0v) is 11.1. The summed E-state index contributed by atoms with van der Waals surface area (Å²) in [5, 5.41) is 13.3. The van der Waals surface area contributed by atoms with Crippen molar-refractivity contribution < 1.29 is 19.5 Å². The Morgan fingerprint density at radius 2 is 2.00 bits per heavy atom. The standard InChI is InChI=1S/C14H16N2O4/c1-2-14(8-7-11(17)16-12(14)18)9-3-5-10(6-4-9)15-13(19)20/h3-6,15H,2,7-8H2,1H3,(H,19,20)(H,16,17,18). The topological polar surface area (TPSA) is 95.5 Å². The third-order valence-corrected chi connectivity index (χ3v) is 3.76. The van der Waals surface area contributed by atoms with Crippen molar-refractivity contribution in [3.63, 3.8) is 0 Å². The maximum atomic E-state index is 12.2. The number of amides is 3. The van der Waals surface area contributed by atoms with E-state index in [9.17, 15) is 14.4 Å². The molecular weight excluding hydrogens is 260 g/mol. The van der Waals surface area contributed by atoms with Crippen LogP contribution in [0.25, 0.3) is 0 Å². The number of carbonyl (C=O) groups excluding carboxylic acids is 2. The van der Waals surface area contributed by atoms with Gasteiger partial charge in [0.2, 0.25) is 11.8 Å². The van der Waals surface area contributed by atoms with Gasteiger partial charge in [-0.15, -0.1) is 0 Å². The molecule has 1 unspecified atom stereocenters. The molecule has 0 aliphatic carbocycles. The molecule has 1 heterocycles. The Bertz CT molecular complexity index is 553. The summed E-state index contributed by atoms with van der Waals surface area (Å²) < 4.78 is 0. The van der Waals surface area contributed by atoms with Crippen LogP contribution in [-0.4, -0.2) is 23.0 Å². The highest BCUT2D eigenvalue weighted by Gasteiger charge is 2.42. The van der Waals surface area contributed by atoms with Crippen LogP contribution in [0.1, 0.15) is 31.7 Å². The second-order valence-electron chi connectivity index (χ2n) is 4.82. The van der Waals surface area contributed by atoms with E-state index in [1.54, 1.807) is 24.3 Å². The molecule has 6 heteroatoms. The molecule has 0 radical (unpaired) electrons. The number of rotatable bonds is 3. The third-order valence-electron chi connectivity index (χ3n) is 3.76. The number of hydrogen-bond acceptors (Lipinski definition) is 3. The number of benzene rings is 1. The Morgan fingerprint density at radius 3 is 2.50 bits per heavy atom. The maximum Gasteiger partial charge on any atom is 0.409 e. The van der Waals surface area contributed by atoms with Crippen LogP contribution in [0.4, 0.5) is 10.5 Å². The number of carboxylic acid groups (broad SMARTS) is 1. The van der Waals surface area contributed by atoms with Gasteiger partial charge in [-0.3, -0.25) is 20.2 Å². The molecule has 1 aliphatic rings. The van der Waals surface area contributed by atoms with E-state index in [0.29, 0.717) is 24.9 Å². The lowest BCUT2D eigenvalue weighted by molar-refractivity contribution is -0.138. The summed E-state index contributed by atoms with van der Waals surface area (Å²) in [7, 11) is 0.